The third-order valence-corrected chi connectivity index (χ3v) is 3.94. The summed E-state index contributed by atoms with van der Waals surface area (Å²) in [6, 6.07) is 7.25. The lowest BCUT2D eigenvalue weighted by atomic mass is 10.1. The number of pyridine rings is 1. The third-order valence-electron chi connectivity index (χ3n) is 3.94. The molecule has 3 aromatic rings. The molecule has 0 unspecified atom stereocenters. The molecule has 6 heteroatoms. The van der Waals surface area contributed by atoms with Crippen molar-refractivity contribution in [1.82, 2.24) is 14.8 Å². The van der Waals surface area contributed by atoms with Crippen molar-refractivity contribution < 1.29 is 14.6 Å². The van der Waals surface area contributed by atoms with Gasteiger partial charge in [-0.1, -0.05) is 0 Å². The zero-order valence-electron chi connectivity index (χ0n) is 12.4. The van der Waals surface area contributed by atoms with Crippen molar-refractivity contribution >= 4 is 22.9 Å². The van der Waals surface area contributed by atoms with Crippen molar-refractivity contribution in [2.75, 3.05) is 0 Å². The first-order valence-corrected chi connectivity index (χ1v) is 7.13. The van der Waals surface area contributed by atoms with E-state index < -0.39 is 5.97 Å². The number of benzene rings is 1. The van der Waals surface area contributed by atoms with E-state index in [1.54, 1.807) is 17.0 Å². The maximum Gasteiger partial charge on any atom is 0.336 e. The number of aromatic carboxylic acids is 1. The highest BCUT2D eigenvalue weighted by atomic mass is 16.5. The number of aromatic nitrogens is 3. The molecule has 1 N–H and O–H groups in total. The number of hydrogen-bond acceptors (Lipinski definition) is 4. The van der Waals surface area contributed by atoms with Crippen LogP contribution < -0.4 is 4.74 Å². The number of nitrogens with zero attached hydrogens (tertiary/aromatic N) is 3. The van der Waals surface area contributed by atoms with Gasteiger partial charge in [-0.25, -0.2) is 4.79 Å². The highest BCUT2D eigenvalue weighted by molar-refractivity contribution is 5.91. The number of hydrogen-bond donors (Lipinski definition) is 1. The Labute approximate surface area is 131 Å². The molecule has 0 radical (unpaired) electrons. The Morgan fingerprint density at radius 1 is 1.35 bits per heavy atom. The summed E-state index contributed by atoms with van der Waals surface area (Å²) in [5.41, 5.74) is 2.59. The Balaban J connectivity index is 1.64. The monoisotopic (exact) mass is 307 g/mol. The number of ether oxygens (including phenoxy) is 1. The molecular formula is C17H13N3O3. The van der Waals surface area contributed by atoms with Crippen LogP contribution in [0.2, 0.25) is 0 Å². The van der Waals surface area contributed by atoms with Crippen molar-refractivity contribution in [3.63, 3.8) is 0 Å². The lowest BCUT2D eigenvalue weighted by molar-refractivity contribution is 0.0695. The van der Waals surface area contributed by atoms with Crippen molar-refractivity contribution in [3.8, 4) is 5.75 Å². The second-order valence-corrected chi connectivity index (χ2v) is 5.41. The second kappa shape index (κ2) is 4.95. The minimum atomic E-state index is -0.949. The van der Waals surface area contributed by atoms with Crippen LogP contribution in [0.1, 0.15) is 21.6 Å². The van der Waals surface area contributed by atoms with Crippen molar-refractivity contribution in [3.05, 3.63) is 59.2 Å². The van der Waals surface area contributed by atoms with Crippen LogP contribution in [0.5, 0.6) is 5.75 Å². The van der Waals surface area contributed by atoms with E-state index in [0.29, 0.717) is 29.2 Å². The lowest BCUT2D eigenvalue weighted by Gasteiger charge is -2.07. The smallest absolute Gasteiger partial charge is 0.336 e. The standard InChI is InChI=1S/C17H13N3O3/c1-20-16-8-11(3-2-10(16)9-19-20)23-12-6-14-13(17(21)22)4-5-18-15(14)7-12/h2-5,7-9H,6H2,1H3,(H,21,22). The minimum Gasteiger partial charge on any atom is -0.478 e. The first-order chi connectivity index (χ1) is 11.1. The van der Waals surface area contributed by atoms with Crippen LogP contribution in [0.3, 0.4) is 0 Å². The summed E-state index contributed by atoms with van der Waals surface area (Å²) in [4.78, 5) is 15.5. The predicted octanol–water partition coefficient (Wildman–Crippen LogP) is 2.64. The molecule has 4 rings (SSSR count). The Morgan fingerprint density at radius 3 is 3.04 bits per heavy atom. The zero-order valence-corrected chi connectivity index (χ0v) is 12.4. The van der Waals surface area contributed by atoms with Crippen LogP contribution in [-0.4, -0.2) is 25.8 Å². The number of carbonyl (C=O) groups is 1. The summed E-state index contributed by atoms with van der Waals surface area (Å²) < 4.78 is 7.69. The van der Waals surface area contributed by atoms with Crippen LogP contribution in [0.25, 0.3) is 17.0 Å². The quantitative estimate of drug-likeness (QED) is 0.805. The largest absolute Gasteiger partial charge is 0.478 e. The van der Waals surface area contributed by atoms with Gasteiger partial charge in [0.2, 0.25) is 0 Å². The Hall–Kier alpha value is -3.15. The number of aryl methyl sites for hydroxylation is 1. The van der Waals surface area contributed by atoms with Crippen molar-refractivity contribution in [2.24, 2.45) is 7.05 Å². The normalized spacial score (nSPS) is 13.0. The Kier molecular flexibility index (Phi) is 2.90. The van der Waals surface area contributed by atoms with Crippen LogP contribution in [-0.2, 0) is 13.5 Å². The van der Waals surface area contributed by atoms with Crippen molar-refractivity contribution in [1.29, 1.82) is 0 Å². The van der Waals surface area contributed by atoms with Gasteiger partial charge in [0, 0.05) is 37.2 Å². The highest BCUT2D eigenvalue weighted by Crippen LogP contribution is 2.29. The molecule has 0 atom stereocenters. The van der Waals surface area contributed by atoms with Gasteiger partial charge in [-0.05, 0) is 23.8 Å². The molecule has 23 heavy (non-hydrogen) atoms. The number of carboxylic acid groups (broad SMARTS) is 1. The molecule has 0 spiro atoms. The van der Waals surface area contributed by atoms with E-state index in [0.717, 1.165) is 10.9 Å². The summed E-state index contributed by atoms with van der Waals surface area (Å²) >= 11 is 0. The fourth-order valence-corrected chi connectivity index (χ4v) is 2.80. The van der Waals surface area contributed by atoms with E-state index in [-0.39, 0.29) is 5.56 Å². The molecule has 0 bridgehead atoms. The van der Waals surface area contributed by atoms with Crippen LogP contribution in [0.15, 0.2) is 42.4 Å². The minimum absolute atomic E-state index is 0.270. The van der Waals surface area contributed by atoms with Gasteiger partial charge in [0.25, 0.3) is 0 Å². The van der Waals surface area contributed by atoms with Gasteiger partial charge in [0.05, 0.1) is 23.0 Å². The van der Waals surface area contributed by atoms with Gasteiger partial charge < -0.3 is 9.84 Å². The zero-order chi connectivity index (χ0) is 16.0. The Bertz CT molecular complexity index is 972. The molecule has 2 heterocycles. The maximum absolute atomic E-state index is 11.3. The fourth-order valence-electron chi connectivity index (χ4n) is 2.80. The average molecular weight is 307 g/mol. The molecular weight excluding hydrogens is 294 g/mol. The van der Waals surface area contributed by atoms with Gasteiger partial charge in [0.1, 0.15) is 11.5 Å². The number of carboxylic acids is 1. The van der Waals surface area contributed by atoms with Crippen LogP contribution in [0, 0.1) is 0 Å². The molecule has 1 aliphatic carbocycles. The predicted molar refractivity (Wildman–Crippen MR) is 84.2 cm³/mol. The Morgan fingerprint density at radius 2 is 2.22 bits per heavy atom. The van der Waals surface area contributed by atoms with Crippen molar-refractivity contribution in [2.45, 2.75) is 6.42 Å². The SMILES string of the molecule is Cn1ncc2ccc(OC3=Cc4nccc(C(=O)O)c4C3)cc21. The topological polar surface area (TPSA) is 77.2 Å². The second-order valence-electron chi connectivity index (χ2n) is 5.41. The summed E-state index contributed by atoms with van der Waals surface area (Å²) in [6.07, 6.45) is 5.51. The van der Waals surface area contributed by atoms with E-state index >= 15 is 0 Å². The first-order valence-electron chi connectivity index (χ1n) is 7.13. The third kappa shape index (κ3) is 2.24. The molecule has 0 aliphatic heterocycles. The molecule has 114 valence electrons. The summed E-state index contributed by atoms with van der Waals surface area (Å²) in [5.74, 6) is 0.425. The highest BCUT2D eigenvalue weighted by Gasteiger charge is 2.22. The maximum atomic E-state index is 11.3. The van der Waals surface area contributed by atoms with Gasteiger partial charge in [-0.3, -0.25) is 9.67 Å². The molecule has 2 aromatic heterocycles. The fraction of sp³-hybridized carbons (Fsp3) is 0.118. The molecule has 6 nitrogen and oxygen atoms in total. The van der Waals surface area contributed by atoms with Gasteiger partial charge in [-0.15, -0.1) is 0 Å². The summed E-state index contributed by atoms with van der Waals surface area (Å²) in [6.45, 7) is 0. The number of allylic oxidation sites excluding steroid dienone is 1. The number of rotatable bonds is 3. The average Bonchev–Trinajstić information content (AvgIpc) is 3.10. The molecule has 0 amide bonds. The van der Waals surface area contributed by atoms with Gasteiger partial charge in [-0.2, -0.15) is 5.10 Å². The molecule has 1 aliphatic rings. The van der Waals surface area contributed by atoms with Crippen LogP contribution in [0.4, 0.5) is 0 Å². The van der Waals surface area contributed by atoms with Gasteiger partial charge in [0.15, 0.2) is 0 Å². The summed E-state index contributed by atoms with van der Waals surface area (Å²) in [7, 11) is 1.87. The molecule has 1 aromatic carbocycles. The molecule has 0 saturated carbocycles. The first kappa shape index (κ1) is 13.5. The lowest BCUT2D eigenvalue weighted by Crippen LogP contribution is -2.04. The van der Waals surface area contributed by atoms with E-state index in [1.165, 1.54) is 12.3 Å². The van der Waals surface area contributed by atoms with Crippen LogP contribution >= 0.6 is 0 Å². The van der Waals surface area contributed by atoms with E-state index in [9.17, 15) is 9.90 Å². The molecule has 0 saturated heterocycles. The van der Waals surface area contributed by atoms with E-state index in [4.69, 9.17) is 4.74 Å². The summed E-state index contributed by atoms with van der Waals surface area (Å²) in [5, 5.41) is 14.5. The number of fused-ring (bicyclic) bond motifs is 2. The molecule has 0 fully saturated rings. The van der Waals surface area contributed by atoms with E-state index in [1.807, 2.05) is 25.2 Å². The van der Waals surface area contributed by atoms with Gasteiger partial charge >= 0.3 is 5.97 Å². The van der Waals surface area contributed by atoms with E-state index in [2.05, 4.69) is 10.1 Å².